The van der Waals surface area contributed by atoms with Crippen LogP contribution in [0.1, 0.15) is 42.4 Å². The lowest BCUT2D eigenvalue weighted by molar-refractivity contribution is -0.141. The van der Waals surface area contributed by atoms with Crippen molar-refractivity contribution in [2.24, 2.45) is 11.8 Å². The van der Waals surface area contributed by atoms with Gasteiger partial charge in [0.25, 0.3) is 11.5 Å². The third-order valence-corrected chi connectivity index (χ3v) is 5.74. The summed E-state index contributed by atoms with van der Waals surface area (Å²) in [6.45, 7) is 8.62. The first-order valence-corrected chi connectivity index (χ1v) is 10.2. The van der Waals surface area contributed by atoms with Crippen molar-refractivity contribution in [3.05, 3.63) is 33.2 Å². The molecule has 2 atom stereocenters. The number of aryl methyl sites for hydroxylation is 1. The van der Waals surface area contributed by atoms with Gasteiger partial charge in [0.15, 0.2) is 0 Å². The summed E-state index contributed by atoms with van der Waals surface area (Å²) in [5, 5.41) is 0. The molecule has 0 N–H and O–H groups in total. The number of fused-ring (bicyclic) bond motifs is 1. The smallest absolute Gasteiger partial charge is 0.410 e. The van der Waals surface area contributed by atoms with Crippen LogP contribution in [0.5, 0.6) is 0 Å². The highest BCUT2D eigenvalue weighted by atomic mass is 19.4. The Balaban J connectivity index is 1.75. The van der Waals surface area contributed by atoms with Gasteiger partial charge in [-0.1, -0.05) is 0 Å². The lowest BCUT2D eigenvalue weighted by Gasteiger charge is -2.26. The van der Waals surface area contributed by atoms with E-state index in [1.165, 1.54) is 6.92 Å². The number of amides is 2. The van der Waals surface area contributed by atoms with Crippen LogP contribution in [0.2, 0.25) is 0 Å². The predicted molar refractivity (Wildman–Crippen MR) is 107 cm³/mol. The molecular formula is C21H28F3N3O4. The molecule has 0 bridgehead atoms. The molecule has 2 saturated heterocycles. The molecule has 10 heteroatoms. The van der Waals surface area contributed by atoms with E-state index in [1.54, 1.807) is 37.5 Å². The molecule has 172 valence electrons. The molecule has 2 aliphatic heterocycles. The number of hydrogen-bond acceptors (Lipinski definition) is 4. The number of rotatable bonds is 2. The lowest BCUT2D eigenvalue weighted by atomic mass is 10.0. The van der Waals surface area contributed by atoms with Crippen LogP contribution in [0.3, 0.4) is 0 Å². The van der Waals surface area contributed by atoms with Crippen molar-refractivity contribution < 1.29 is 27.5 Å². The largest absolute Gasteiger partial charge is 0.444 e. The molecule has 2 aliphatic rings. The number of likely N-dealkylation sites (tertiary alicyclic amines) is 2. The Labute approximate surface area is 178 Å². The predicted octanol–water partition coefficient (Wildman–Crippen LogP) is 2.97. The SMILES string of the molecule is Cc1cc(=O)n(CC(F)(F)F)c(C)c1C(=O)N1CC2CN(C(=O)OC(C)(C)C)CC2C1. The highest BCUT2D eigenvalue weighted by molar-refractivity contribution is 5.97. The van der Waals surface area contributed by atoms with Gasteiger partial charge in [0.1, 0.15) is 12.1 Å². The molecule has 2 fully saturated rings. The minimum Gasteiger partial charge on any atom is -0.444 e. The second kappa shape index (κ2) is 7.87. The molecule has 7 nitrogen and oxygen atoms in total. The highest BCUT2D eigenvalue weighted by Gasteiger charge is 2.44. The standard InChI is InChI=1S/C21H28F3N3O4/c1-12-6-16(28)27(11-21(22,23)24)13(2)17(12)18(29)25-7-14-9-26(10-15(14)8-25)19(30)31-20(3,4)5/h6,14-15H,7-11H2,1-5H3. The lowest BCUT2D eigenvalue weighted by Crippen LogP contribution is -2.39. The van der Waals surface area contributed by atoms with Crippen LogP contribution in [-0.2, 0) is 11.3 Å². The van der Waals surface area contributed by atoms with E-state index in [0.717, 1.165) is 6.07 Å². The van der Waals surface area contributed by atoms with E-state index in [9.17, 15) is 27.6 Å². The molecule has 1 aromatic rings. The number of carbonyl (C=O) groups excluding carboxylic acids is 2. The third kappa shape index (κ3) is 5.04. The Hall–Kier alpha value is -2.52. The Morgan fingerprint density at radius 1 is 1.03 bits per heavy atom. The van der Waals surface area contributed by atoms with Crippen LogP contribution in [0, 0.1) is 25.7 Å². The topological polar surface area (TPSA) is 71.9 Å². The molecule has 3 rings (SSSR count). The number of pyridine rings is 1. The van der Waals surface area contributed by atoms with Crippen molar-refractivity contribution in [1.29, 1.82) is 0 Å². The fourth-order valence-electron chi connectivity index (χ4n) is 4.41. The van der Waals surface area contributed by atoms with Gasteiger partial charge in [-0.25, -0.2) is 4.79 Å². The summed E-state index contributed by atoms with van der Waals surface area (Å²) in [5.74, 6) is -0.222. The summed E-state index contributed by atoms with van der Waals surface area (Å²) in [4.78, 5) is 40.8. The van der Waals surface area contributed by atoms with E-state index in [4.69, 9.17) is 4.74 Å². The van der Waals surface area contributed by atoms with Crippen LogP contribution in [0.25, 0.3) is 0 Å². The van der Waals surface area contributed by atoms with Crippen molar-refractivity contribution in [3.8, 4) is 0 Å². The highest BCUT2D eigenvalue weighted by Crippen LogP contribution is 2.33. The Morgan fingerprint density at radius 3 is 2.03 bits per heavy atom. The van der Waals surface area contributed by atoms with Crippen LogP contribution in [-0.4, -0.2) is 64.3 Å². The Kier molecular flexibility index (Phi) is 5.88. The molecule has 0 saturated carbocycles. The van der Waals surface area contributed by atoms with Gasteiger partial charge in [-0.3, -0.25) is 9.59 Å². The fraction of sp³-hybridized carbons (Fsp3) is 0.667. The molecule has 2 amide bonds. The molecule has 0 aliphatic carbocycles. The molecule has 1 aromatic heterocycles. The number of halogens is 3. The number of alkyl halides is 3. The van der Waals surface area contributed by atoms with Crippen LogP contribution in [0.15, 0.2) is 10.9 Å². The number of hydrogen-bond donors (Lipinski definition) is 0. The second-order valence-electron chi connectivity index (χ2n) is 9.44. The quantitative estimate of drug-likeness (QED) is 0.705. The third-order valence-electron chi connectivity index (χ3n) is 5.74. The van der Waals surface area contributed by atoms with Gasteiger partial charge < -0.3 is 19.1 Å². The summed E-state index contributed by atoms with van der Waals surface area (Å²) in [6.07, 6.45) is -4.95. The minimum atomic E-state index is -4.57. The van der Waals surface area contributed by atoms with Crippen molar-refractivity contribution in [2.45, 2.75) is 52.9 Å². The molecule has 0 aromatic carbocycles. The maximum absolute atomic E-state index is 13.2. The molecule has 0 radical (unpaired) electrons. The first-order chi connectivity index (χ1) is 14.2. The fourth-order valence-corrected chi connectivity index (χ4v) is 4.41. The van der Waals surface area contributed by atoms with Crippen LogP contribution in [0.4, 0.5) is 18.0 Å². The van der Waals surface area contributed by atoms with Gasteiger partial charge in [0.05, 0.1) is 5.56 Å². The Morgan fingerprint density at radius 2 is 1.55 bits per heavy atom. The normalized spacial score (nSPS) is 21.4. The van der Waals surface area contributed by atoms with E-state index in [2.05, 4.69) is 0 Å². The van der Waals surface area contributed by atoms with Crippen LogP contribution >= 0.6 is 0 Å². The average molecular weight is 443 g/mol. The van der Waals surface area contributed by atoms with E-state index in [0.29, 0.717) is 36.3 Å². The van der Waals surface area contributed by atoms with E-state index in [-0.39, 0.29) is 35.1 Å². The van der Waals surface area contributed by atoms with E-state index in [1.807, 2.05) is 0 Å². The summed E-state index contributed by atoms with van der Waals surface area (Å²) < 4.78 is 44.7. The zero-order valence-corrected chi connectivity index (χ0v) is 18.4. The first-order valence-electron chi connectivity index (χ1n) is 10.2. The number of aromatic nitrogens is 1. The Bertz CT molecular complexity index is 935. The van der Waals surface area contributed by atoms with Crippen molar-refractivity contribution in [3.63, 3.8) is 0 Å². The van der Waals surface area contributed by atoms with Gasteiger partial charge in [0.2, 0.25) is 0 Å². The molecule has 31 heavy (non-hydrogen) atoms. The molecule has 3 heterocycles. The molecular weight excluding hydrogens is 415 g/mol. The number of nitrogens with zero attached hydrogens (tertiary/aromatic N) is 3. The van der Waals surface area contributed by atoms with Gasteiger partial charge in [-0.05, 0) is 40.2 Å². The summed E-state index contributed by atoms with van der Waals surface area (Å²) >= 11 is 0. The van der Waals surface area contributed by atoms with Gasteiger partial charge in [-0.2, -0.15) is 13.2 Å². The van der Waals surface area contributed by atoms with Gasteiger partial charge in [-0.15, -0.1) is 0 Å². The van der Waals surface area contributed by atoms with Gasteiger partial charge >= 0.3 is 12.3 Å². The van der Waals surface area contributed by atoms with Crippen molar-refractivity contribution in [1.82, 2.24) is 14.4 Å². The maximum atomic E-state index is 13.2. The average Bonchev–Trinajstić information content (AvgIpc) is 3.15. The zero-order chi connectivity index (χ0) is 23.3. The molecule has 0 spiro atoms. The van der Waals surface area contributed by atoms with Crippen LogP contribution < -0.4 is 5.56 Å². The number of ether oxygens (including phenoxy) is 1. The summed E-state index contributed by atoms with van der Waals surface area (Å²) in [5.41, 5.74) is -0.869. The monoisotopic (exact) mass is 443 g/mol. The number of carbonyl (C=O) groups is 2. The van der Waals surface area contributed by atoms with Gasteiger partial charge in [0, 0.05) is 49.8 Å². The minimum absolute atomic E-state index is 0.0137. The zero-order valence-electron chi connectivity index (χ0n) is 18.4. The van der Waals surface area contributed by atoms with Crippen molar-refractivity contribution >= 4 is 12.0 Å². The first kappa shape index (κ1) is 23.1. The maximum Gasteiger partial charge on any atom is 0.410 e. The summed E-state index contributed by atoms with van der Waals surface area (Å²) in [7, 11) is 0. The van der Waals surface area contributed by atoms with E-state index >= 15 is 0 Å². The summed E-state index contributed by atoms with van der Waals surface area (Å²) in [6, 6.07) is 1.08. The van der Waals surface area contributed by atoms with Crippen molar-refractivity contribution in [2.75, 3.05) is 26.2 Å². The second-order valence-corrected chi connectivity index (χ2v) is 9.44. The molecule has 2 unspecified atom stereocenters. The van der Waals surface area contributed by atoms with E-state index < -0.39 is 23.9 Å².